The molecule has 0 saturated carbocycles. The molecule has 6 heteroatoms. The number of nitrogens with zero attached hydrogens (tertiary/aromatic N) is 1. The van der Waals surface area contributed by atoms with Crippen molar-refractivity contribution >= 4 is 23.2 Å². The number of nitrogens with one attached hydrogen (secondary N) is 2. The summed E-state index contributed by atoms with van der Waals surface area (Å²) in [7, 11) is 0. The summed E-state index contributed by atoms with van der Waals surface area (Å²) >= 11 is 0. The molecule has 22 heavy (non-hydrogen) atoms. The van der Waals surface area contributed by atoms with E-state index in [0.717, 1.165) is 5.69 Å². The number of esters is 1. The summed E-state index contributed by atoms with van der Waals surface area (Å²) in [5.74, 6) is -0.987. The second kappa shape index (κ2) is 7.78. The smallest absolute Gasteiger partial charge is 0.375 e. The van der Waals surface area contributed by atoms with Crippen LogP contribution in [0.1, 0.15) is 6.92 Å². The van der Waals surface area contributed by atoms with Gasteiger partial charge in [-0.25, -0.2) is 14.2 Å². The van der Waals surface area contributed by atoms with Crippen LogP contribution in [0.3, 0.4) is 0 Å². The Hall–Kier alpha value is -2.89. The van der Waals surface area contributed by atoms with Gasteiger partial charge in [0.1, 0.15) is 5.82 Å². The molecule has 0 bridgehead atoms. The molecule has 0 heterocycles. The minimum absolute atomic E-state index is 0.0164. The number of aliphatic imine (C=N–C) groups is 1. The molecule has 0 aliphatic heterocycles. The molecule has 0 fully saturated rings. The van der Waals surface area contributed by atoms with Gasteiger partial charge in [-0.1, -0.05) is 18.2 Å². The number of carbonyl (C=O) groups excluding carboxylic acids is 1. The van der Waals surface area contributed by atoms with Crippen molar-refractivity contribution in [3.63, 3.8) is 0 Å². The molecular weight excluding hydrogens is 285 g/mol. The lowest BCUT2D eigenvalue weighted by molar-refractivity contribution is -0.135. The monoisotopic (exact) mass is 301 g/mol. The Balaban J connectivity index is 2.15. The average Bonchev–Trinajstić information content (AvgIpc) is 2.54. The van der Waals surface area contributed by atoms with Crippen molar-refractivity contribution < 1.29 is 13.9 Å². The van der Waals surface area contributed by atoms with Gasteiger partial charge < -0.3 is 4.74 Å². The van der Waals surface area contributed by atoms with Crippen LogP contribution in [0, 0.1) is 5.82 Å². The van der Waals surface area contributed by atoms with Gasteiger partial charge in [0, 0.05) is 0 Å². The number of benzene rings is 2. The number of halogens is 1. The maximum Gasteiger partial charge on any atom is 0.375 e. The number of hydrogen-bond acceptors (Lipinski definition) is 4. The molecule has 0 unspecified atom stereocenters. The molecule has 2 aromatic rings. The van der Waals surface area contributed by atoms with Gasteiger partial charge in [-0.3, -0.25) is 10.9 Å². The van der Waals surface area contributed by atoms with Crippen LogP contribution in [0.4, 0.5) is 15.8 Å². The molecule has 0 atom stereocenters. The predicted octanol–water partition coefficient (Wildman–Crippen LogP) is 3.04. The first-order valence-corrected chi connectivity index (χ1v) is 6.77. The zero-order valence-electron chi connectivity index (χ0n) is 12.0. The summed E-state index contributed by atoms with van der Waals surface area (Å²) in [5, 5.41) is 0. The number of hydrazine groups is 1. The lowest BCUT2D eigenvalue weighted by atomic mass is 10.3. The van der Waals surface area contributed by atoms with Gasteiger partial charge in [0.25, 0.3) is 0 Å². The van der Waals surface area contributed by atoms with Crippen molar-refractivity contribution in [1.82, 2.24) is 5.43 Å². The number of carbonyl (C=O) groups is 1. The van der Waals surface area contributed by atoms with Crippen molar-refractivity contribution in [3.05, 3.63) is 60.4 Å². The van der Waals surface area contributed by atoms with Crippen LogP contribution in [0.25, 0.3) is 0 Å². The lowest BCUT2D eigenvalue weighted by Crippen LogP contribution is -2.36. The Morgan fingerprint density at radius 3 is 2.45 bits per heavy atom. The van der Waals surface area contributed by atoms with Gasteiger partial charge in [0.05, 0.1) is 18.0 Å². The quantitative estimate of drug-likeness (QED) is 0.394. The van der Waals surface area contributed by atoms with Crippen LogP contribution in [0.2, 0.25) is 0 Å². The van der Waals surface area contributed by atoms with E-state index in [1.807, 2.05) is 30.3 Å². The van der Waals surface area contributed by atoms with Crippen LogP contribution in [-0.2, 0) is 9.53 Å². The van der Waals surface area contributed by atoms with Gasteiger partial charge in [-0.15, -0.1) is 0 Å². The number of hydrogen-bond donors (Lipinski definition) is 2. The van der Waals surface area contributed by atoms with E-state index in [1.54, 1.807) is 6.92 Å². The normalized spacial score (nSPS) is 10.9. The Morgan fingerprint density at radius 2 is 1.82 bits per heavy atom. The van der Waals surface area contributed by atoms with E-state index in [0.29, 0.717) is 5.69 Å². The minimum atomic E-state index is -0.602. The first-order valence-electron chi connectivity index (χ1n) is 6.77. The Bertz CT molecular complexity index is 642. The van der Waals surface area contributed by atoms with E-state index in [4.69, 9.17) is 4.74 Å². The molecule has 114 valence electrons. The first kappa shape index (κ1) is 15.5. The number of ether oxygens (including phenoxy) is 1. The highest BCUT2D eigenvalue weighted by molar-refractivity contribution is 6.36. The highest BCUT2D eigenvalue weighted by Gasteiger charge is 2.12. The molecular formula is C16H16FN3O2. The molecule has 5 nitrogen and oxygen atoms in total. The first-order chi connectivity index (χ1) is 10.7. The van der Waals surface area contributed by atoms with Gasteiger partial charge in [-0.2, -0.15) is 0 Å². The van der Waals surface area contributed by atoms with Crippen LogP contribution in [0.5, 0.6) is 0 Å². The lowest BCUT2D eigenvalue weighted by Gasteiger charge is -2.11. The van der Waals surface area contributed by atoms with Gasteiger partial charge in [-0.05, 0) is 43.3 Å². The standard InChI is InChI=1S/C16H16FN3O2/c1-2-22-16(21)15(18-13-10-8-12(17)9-11-13)20-19-14-6-4-3-5-7-14/h3-11,19H,2H2,1H3,(H,18,20). The van der Waals surface area contributed by atoms with Crippen LogP contribution >= 0.6 is 0 Å². The largest absolute Gasteiger partial charge is 0.460 e. The van der Waals surface area contributed by atoms with E-state index in [2.05, 4.69) is 15.8 Å². The molecule has 0 aromatic heterocycles. The van der Waals surface area contributed by atoms with Gasteiger partial charge in [0.15, 0.2) is 0 Å². The molecule has 0 spiro atoms. The fourth-order valence-corrected chi connectivity index (χ4v) is 1.62. The molecule has 2 rings (SSSR count). The summed E-state index contributed by atoms with van der Waals surface area (Å²) in [4.78, 5) is 16.0. The van der Waals surface area contributed by atoms with Crippen molar-refractivity contribution in [3.8, 4) is 0 Å². The molecule has 0 amide bonds. The summed E-state index contributed by atoms with van der Waals surface area (Å²) in [6.07, 6.45) is 0. The third-order valence-electron chi connectivity index (χ3n) is 2.64. The van der Waals surface area contributed by atoms with Crippen molar-refractivity contribution in [1.29, 1.82) is 0 Å². The summed E-state index contributed by atoms with van der Waals surface area (Å²) < 4.78 is 17.8. The van der Waals surface area contributed by atoms with Crippen molar-refractivity contribution in [2.24, 2.45) is 4.99 Å². The van der Waals surface area contributed by atoms with Crippen LogP contribution in [0.15, 0.2) is 59.6 Å². The van der Waals surface area contributed by atoms with Crippen molar-refractivity contribution in [2.45, 2.75) is 6.92 Å². The molecule has 2 aromatic carbocycles. The van der Waals surface area contributed by atoms with Crippen molar-refractivity contribution in [2.75, 3.05) is 12.0 Å². The zero-order valence-corrected chi connectivity index (χ0v) is 12.0. The Morgan fingerprint density at radius 1 is 1.14 bits per heavy atom. The molecule has 2 N–H and O–H groups in total. The van der Waals surface area contributed by atoms with E-state index >= 15 is 0 Å². The van der Waals surface area contributed by atoms with E-state index in [-0.39, 0.29) is 18.3 Å². The number of amidine groups is 1. The van der Waals surface area contributed by atoms with E-state index < -0.39 is 5.97 Å². The third-order valence-corrected chi connectivity index (χ3v) is 2.64. The van der Waals surface area contributed by atoms with Gasteiger partial charge in [0.2, 0.25) is 5.84 Å². The second-order valence-electron chi connectivity index (χ2n) is 4.27. The Labute approximate surface area is 127 Å². The average molecular weight is 301 g/mol. The maximum atomic E-state index is 12.9. The maximum absolute atomic E-state index is 12.9. The predicted molar refractivity (Wildman–Crippen MR) is 83.3 cm³/mol. The van der Waals surface area contributed by atoms with Crippen LogP contribution in [-0.4, -0.2) is 18.4 Å². The number of anilines is 1. The topological polar surface area (TPSA) is 62.7 Å². The fraction of sp³-hybridized carbons (Fsp3) is 0.125. The molecule has 0 radical (unpaired) electrons. The zero-order chi connectivity index (χ0) is 15.8. The highest BCUT2D eigenvalue weighted by Crippen LogP contribution is 2.12. The SMILES string of the molecule is CCOC(=O)C(=Nc1ccc(F)cc1)NNc1ccccc1. The molecule has 0 aliphatic rings. The van der Waals surface area contributed by atoms with Gasteiger partial charge >= 0.3 is 5.97 Å². The summed E-state index contributed by atoms with van der Waals surface area (Å²) in [5.41, 5.74) is 6.77. The number of para-hydroxylation sites is 1. The summed E-state index contributed by atoms with van der Waals surface area (Å²) in [6.45, 7) is 1.94. The molecule has 0 saturated heterocycles. The highest BCUT2D eigenvalue weighted by atomic mass is 19.1. The Kier molecular flexibility index (Phi) is 5.48. The van der Waals surface area contributed by atoms with E-state index in [1.165, 1.54) is 24.3 Å². The van der Waals surface area contributed by atoms with Crippen LogP contribution < -0.4 is 10.9 Å². The van der Waals surface area contributed by atoms with E-state index in [9.17, 15) is 9.18 Å². The number of rotatable bonds is 4. The minimum Gasteiger partial charge on any atom is -0.460 e. The third kappa shape index (κ3) is 4.59. The summed E-state index contributed by atoms with van der Waals surface area (Å²) in [6, 6.07) is 14.7. The molecule has 0 aliphatic carbocycles. The second-order valence-corrected chi connectivity index (χ2v) is 4.27. The fourth-order valence-electron chi connectivity index (χ4n) is 1.62.